The van der Waals surface area contributed by atoms with Crippen LogP contribution in [0, 0.1) is 12.8 Å². The Kier molecular flexibility index (Phi) is 9.72. The predicted molar refractivity (Wildman–Crippen MR) is 163 cm³/mol. The van der Waals surface area contributed by atoms with E-state index in [-0.39, 0.29) is 36.4 Å². The summed E-state index contributed by atoms with van der Waals surface area (Å²) in [7, 11) is 3.44. The Bertz CT molecular complexity index is 1410. The molecule has 2 aromatic rings. The van der Waals surface area contributed by atoms with Crippen LogP contribution in [0.5, 0.6) is 0 Å². The molecule has 1 aromatic carbocycles. The van der Waals surface area contributed by atoms with Gasteiger partial charge in [0.2, 0.25) is 11.8 Å². The monoisotopic (exact) mass is 637 g/mol. The number of pyridine rings is 1. The number of benzene rings is 1. The van der Waals surface area contributed by atoms with E-state index in [2.05, 4.69) is 4.98 Å². The van der Waals surface area contributed by atoms with Crippen molar-refractivity contribution < 1.29 is 32.3 Å². The molecule has 3 amide bonds. The molecule has 13 heteroatoms. The van der Waals surface area contributed by atoms with E-state index in [1.807, 2.05) is 32.7 Å². The van der Waals surface area contributed by atoms with Gasteiger partial charge in [0.05, 0.1) is 22.0 Å². The highest BCUT2D eigenvalue weighted by molar-refractivity contribution is 6.34. The number of likely N-dealkylation sites (tertiary alicyclic amines) is 1. The first-order chi connectivity index (χ1) is 20.5. The van der Waals surface area contributed by atoms with Gasteiger partial charge in [0, 0.05) is 45.8 Å². The van der Waals surface area contributed by atoms with Crippen molar-refractivity contribution in [2.24, 2.45) is 5.92 Å². The fourth-order valence-corrected chi connectivity index (χ4v) is 6.05. The fraction of sp³-hybridized carbons (Fsp3) is 0.548. The summed E-state index contributed by atoms with van der Waals surface area (Å²) in [5, 5.41) is 0.422. The number of carbonyl (C=O) groups is 3. The minimum Gasteiger partial charge on any atom is -0.444 e. The number of piperidine rings is 1. The van der Waals surface area contributed by atoms with Crippen LogP contribution in [0.4, 0.5) is 35.2 Å². The molecular weight excluding hydrogens is 599 g/mol. The Balaban J connectivity index is 1.51. The van der Waals surface area contributed by atoms with Gasteiger partial charge in [0.15, 0.2) is 0 Å². The number of aryl methyl sites for hydroxylation is 1. The van der Waals surface area contributed by atoms with E-state index in [0.717, 1.165) is 29.9 Å². The molecule has 0 aliphatic carbocycles. The lowest BCUT2D eigenvalue weighted by Gasteiger charge is -2.36. The molecule has 0 spiro atoms. The highest BCUT2D eigenvalue weighted by Crippen LogP contribution is 2.39. The number of aromatic nitrogens is 1. The van der Waals surface area contributed by atoms with Crippen LogP contribution in [0.1, 0.15) is 57.7 Å². The van der Waals surface area contributed by atoms with Gasteiger partial charge < -0.3 is 19.4 Å². The van der Waals surface area contributed by atoms with Gasteiger partial charge in [-0.1, -0.05) is 17.7 Å². The molecule has 3 heterocycles. The summed E-state index contributed by atoms with van der Waals surface area (Å²) in [6.45, 7) is 8.66. The van der Waals surface area contributed by atoms with Gasteiger partial charge in [-0.15, -0.1) is 0 Å². The Hall–Kier alpha value is -3.54. The number of ether oxygens (including phenoxy) is 1. The second-order valence-electron chi connectivity index (χ2n) is 12.5. The molecule has 1 unspecified atom stereocenters. The summed E-state index contributed by atoms with van der Waals surface area (Å²) in [4.78, 5) is 49.6. The molecule has 44 heavy (non-hydrogen) atoms. The van der Waals surface area contributed by atoms with E-state index in [1.165, 1.54) is 11.8 Å². The lowest BCUT2D eigenvalue weighted by atomic mass is 9.96. The molecule has 0 bridgehead atoms. The lowest BCUT2D eigenvalue weighted by Crippen LogP contribution is -2.46. The number of halogens is 4. The third-order valence-electron chi connectivity index (χ3n) is 7.85. The second-order valence-corrected chi connectivity index (χ2v) is 12.9. The molecule has 240 valence electrons. The summed E-state index contributed by atoms with van der Waals surface area (Å²) in [6, 6.07) is 5.87. The first-order valence-corrected chi connectivity index (χ1v) is 15.0. The number of para-hydroxylation sites is 1. The van der Waals surface area contributed by atoms with Crippen LogP contribution >= 0.6 is 11.6 Å². The first kappa shape index (κ1) is 33.4. The fourth-order valence-electron chi connectivity index (χ4n) is 5.74. The zero-order valence-electron chi connectivity index (χ0n) is 25.9. The minimum atomic E-state index is -4.63. The number of likely N-dealkylation sites (N-methyl/N-ethyl adjacent to an activating group) is 1. The molecule has 0 saturated carbocycles. The predicted octanol–water partition coefficient (Wildman–Crippen LogP) is 6.30. The molecular formula is C31H39ClF3N5O4. The highest BCUT2D eigenvalue weighted by atomic mass is 35.5. The van der Waals surface area contributed by atoms with Crippen LogP contribution in [0.3, 0.4) is 0 Å². The maximum absolute atomic E-state index is 13.9. The normalized spacial score (nSPS) is 18.0. The van der Waals surface area contributed by atoms with E-state index in [9.17, 15) is 27.6 Å². The summed E-state index contributed by atoms with van der Waals surface area (Å²) in [6.07, 6.45) is -3.28. The Morgan fingerprint density at radius 2 is 1.75 bits per heavy atom. The topological polar surface area (TPSA) is 86.3 Å². The van der Waals surface area contributed by atoms with E-state index in [4.69, 9.17) is 16.3 Å². The van der Waals surface area contributed by atoms with Gasteiger partial charge in [-0.05, 0) is 77.1 Å². The summed E-state index contributed by atoms with van der Waals surface area (Å²) in [5.74, 6) is -0.880. The first-order valence-electron chi connectivity index (χ1n) is 14.6. The summed E-state index contributed by atoms with van der Waals surface area (Å²) >= 11 is 6.67. The quantitative estimate of drug-likeness (QED) is 0.369. The van der Waals surface area contributed by atoms with Crippen LogP contribution in [-0.2, 0) is 20.5 Å². The van der Waals surface area contributed by atoms with Gasteiger partial charge in [-0.2, -0.15) is 13.2 Å². The average molecular weight is 638 g/mol. The summed E-state index contributed by atoms with van der Waals surface area (Å²) < 4.78 is 46.1. The smallest absolute Gasteiger partial charge is 0.416 e. The number of alkyl halides is 3. The number of amides is 3. The number of rotatable bonds is 6. The van der Waals surface area contributed by atoms with Crippen molar-refractivity contribution in [3.8, 4) is 0 Å². The van der Waals surface area contributed by atoms with Gasteiger partial charge in [-0.3, -0.25) is 14.5 Å². The molecule has 1 atom stereocenters. The maximum atomic E-state index is 13.9. The van der Waals surface area contributed by atoms with Crippen molar-refractivity contribution in [1.29, 1.82) is 0 Å². The molecule has 0 radical (unpaired) electrons. The molecule has 1 aromatic heterocycles. The number of anilines is 3. The molecule has 2 aliphatic rings. The maximum Gasteiger partial charge on any atom is 0.416 e. The van der Waals surface area contributed by atoms with E-state index >= 15 is 0 Å². The Morgan fingerprint density at radius 1 is 1.09 bits per heavy atom. The molecule has 2 aliphatic heterocycles. The Labute approximate surface area is 260 Å². The molecule has 2 saturated heterocycles. The molecule has 0 N–H and O–H groups in total. The van der Waals surface area contributed by atoms with Crippen molar-refractivity contribution in [3.05, 3.63) is 46.6 Å². The van der Waals surface area contributed by atoms with Crippen molar-refractivity contribution in [2.75, 3.05) is 48.4 Å². The van der Waals surface area contributed by atoms with Gasteiger partial charge in [0.1, 0.15) is 17.5 Å². The van der Waals surface area contributed by atoms with Gasteiger partial charge in [-0.25, -0.2) is 9.78 Å². The molecule has 4 rings (SSSR count). The average Bonchev–Trinajstić information content (AvgIpc) is 3.31. The van der Waals surface area contributed by atoms with E-state index < -0.39 is 35.2 Å². The van der Waals surface area contributed by atoms with Crippen LogP contribution < -0.4 is 14.7 Å². The molecule has 9 nitrogen and oxygen atoms in total. The summed E-state index contributed by atoms with van der Waals surface area (Å²) in [5.41, 5.74) is -0.296. The highest BCUT2D eigenvalue weighted by Gasteiger charge is 2.41. The standard InChI is InChI=1S/C31H39ClF3N5O4/c1-19-16-21(31(33,34)35)17-25(36-19)40-24(10-11-26(40)41)28(42)38(6)23-9-7-8-22(32)27(23)37(5)18-20-12-14-39(15-13-20)29(43)44-30(2,3)4/h7-9,16-17,20,24H,10-15,18H2,1-6H3. The van der Waals surface area contributed by atoms with Crippen LogP contribution in [-0.4, -0.2) is 73.2 Å². The minimum absolute atomic E-state index is 0.00547. The van der Waals surface area contributed by atoms with Crippen molar-refractivity contribution in [1.82, 2.24) is 9.88 Å². The zero-order chi connectivity index (χ0) is 32.6. The van der Waals surface area contributed by atoms with Crippen LogP contribution in [0.15, 0.2) is 30.3 Å². The largest absolute Gasteiger partial charge is 0.444 e. The number of hydrogen-bond acceptors (Lipinski definition) is 6. The SMILES string of the molecule is Cc1cc(C(F)(F)F)cc(N2C(=O)CCC2C(=O)N(C)c2cccc(Cl)c2N(C)CC2CCN(C(=O)OC(C)(C)C)CC2)n1. The third-order valence-corrected chi connectivity index (χ3v) is 8.15. The van der Waals surface area contributed by atoms with Crippen molar-refractivity contribution >= 4 is 46.7 Å². The number of hydrogen-bond donors (Lipinski definition) is 0. The number of nitrogens with zero attached hydrogens (tertiary/aromatic N) is 5. The number of carbonyl (C=O) groups excluding carboxylic acids is 3. The van der Waals surface area contributed by atoms with Crippen molar-refractivity contribution in [3.63, 3.8) is 0 Å². The third kappa shape index (κ3) is 7.57. The second kappa shape index (κ2) is 12.8. The van der Waals surface area contributed by atoms with E-state index in [1.54, 1.807) is 30.1 Å². The van der Waals surface area contributed by atoms with Gasteiger partial charge >= 0.3 is 12.3 Å². The van der Waals surface area contributed by atoms with Crippen LogP contribution in [0.25, 0.3) is 0 Å². The lowest BCUT2D eigenvalue weighted by molar-refractivity contribution is -0.137. The Morgan fingerprint density at radius 3 is 2.36 bits per heavy atom. The zero-order valence-corrected chi connectivity index (χ0v) is 26.6. The van der Waals surface area contributed by atoms with Crippen molar-refractivity contribution in [2.45, 2.75) is 71.2 Å². The van der Waals surface area contributed by atoms with Crippen LogP contribution in [0.2, 0.25) is 5.02 Å². The molecule has 2 fully saturated rings. The van der Waals surface area contributed by atoms with E-state index in [0.29, 0.717) is 36.0 Å². The van der Waals surface area contributed by atoms with Gasteiger partial charge in [0.25, 0.3) is 0 Å².